The van der Waals surface area contributed by atoms with Crippen LogP contribution in [0.15, 0.2) is 28.0 Å². The van der Waals surface area contributed by atoms with E-state index < -0.39 is 0 Å². The molecule has 8 heteroatoms. The average Bonchev–Trinajstić information content (AvgIpc) is 3.08. The van der Waals surface area contributed by atoms with E-state index in [0.29, 0.717) is 17.6 Å². The molecule has 2 aromatic rings. The molecular weight excluding hydrogens is 290 g/mol. The molecule has 1 atom stereocenters. The fraction of sp³-hybridized carbons (Fsp3) is 0.538. The van der Waals surface area contributed by atoms with Crippen LogP contribution in [0.1, 0.15) is 26.5 Å². The van der Waals surface area contributed by atoms with Gasteiger partial charge in [-0.2, -0.15) is 0 Å². The Morgan fingerprint density at radius 1 is 1.48 bits per heavy atom. The third-order valence-electron chi connectivity index (χ3n) is 3.11. The lowest BCUT2D eigenvalue weighted by molar-refractivity contribution is -0.119. The van der Waals surface area contributed by atoms with Crippen LogP contribution < -0.4 is 5.32 Å². The molecule has 2 rings (SSSR count). The molecule has 114 valence electrons. The molecule has 21 heavy (non-hydrogen) atoms. The first-order valence-corrected chi connectivity index (χ1v) is 7.75. The maximum Gasteiger partial charge on any atom is 0.230 e. The number of tetrazole rings is 1. The molecule has 0 fully saturated rings. The van der Waals surface area contributed by atoms with Crippen molar-refractivity contribution in [3.8, 4) is 0 Å². The molecule has 0 aliphatic rings. The van der Waals surface area contributed by atoms with Crippen molar-refractivity contribution in [3.63, 3.8) is 0 Å². The van der Waals surface area contributed by atoms with Gasteiger partial charge in [0.2, 0.25) is 11.1 Å². The Kier molecular flexibility index (Phi) is 5.38. The predicted molar refractivity (Wildman–Crippen MR) is 78.8 cm³/mol. The fourth-order valence-corrected chi connectivity index (χ4v) is 2.23. The number of aromatic nitrogens is 4. The first kappa shape index (κ1) is 15.6. The third-order valence-corrected chi connectivity index (χ3v) is 4.06. The normalized spacial score (nSPS) is 12.6. The number of hydrogen-bond donors (Lipinski definition) is 1. The maximum atomic E-state index is 11.9. The van der Waals surface area contributed by atoms with Crippen molar-refractivity contribution in [3.05, 3.63) is 24.2 Å². The molecule has 0 saturated carbocycles. The maximum absolute atomic E-state index is 11.9. The van der Waals surface area contributed by atoms with Crippen molar-refractivity contribution in [2.75, 3.05) is 5.75 Å². The van der Waals surface area contributed by atoms with E-state index in [9.17, 15) is 4.79 Å². The van der Waals surface area contributed by atoms with Crippen LogP contribution in [0.2, 0.25) is 0 Å². The highest BCUT2D eigenvalue weighted by atomic mass is 32.2. The van der Waals surface area contributed by atoms with E-state index in [2.05, 4.69) is 34.7 Å². The molecule has 0 radical (unpaired) electrons. The molecule has 1 N–H and O–H groups in total. The Morgan fingerprint density at radius 3 is 2.95 bits per heavy atom. The van der Waals surface area contributed by atoms with Gasteiger partial charge < -0.3 is 9.73 Å². The molecule has 0 spiro atoms. The summed E-state index contributed by atoms with van der Waals surface area (Å²) in [6.07, 6.45) is 1.60. The summed E-state index contributed by atoms with van der Waals surface area (Å²) in [5, 5.41) is 15.0. The molecule has 2 heterocycles. The van der Waals surface area contributed by atoms with Crippen LogP contribution in [0.5, 0.6) is 0 Å². The van der Waals surface area contributed by atoms with Crippen molar-refractivity contribution in [1.82, 2.24) is 25.5 Å². The lowest BCUT2D eigenvalue weighted by Crippen LogP contribution is -2.37. The van der Waals surface area contributed by atoms with E-state index in [4.69, 9.17) is 4.42 Å². The van der Waals surface area contributed by atoms with Gasteiger partial charge in [0, 0.05) is 6.04 Å². The van der Waals surface area contributed by atoms with E-state index >= 15 is 0 Å². The molecule has 1 unspecified atom stereocenters. The second-order valence-corrected chi connectivity index (χ2v) is 6.03. The van der Waals surface area contributed by atoms with Crippen LogP contribution in [0.4, 0.5) is 0 Å². The van der Waals surface area contributed by atoms with Gasteiger partial charge in [-0.25, -0.2) is 4.68 Å². The van der Waals surface area contributed by atoms with Crippen molar-refractivity contribution >= 4 is 17.7 Å². The molecule has 0 bridgehead atoms. The van der Waals surface area contributed by atoms with Crippen LogP contribution >= 0.6 is 11.8 Å². The summed E-state index contributed by atoms with van der Waals surface area (Å²) in [7, 11) is 0. The highest BCUT2D eigenvalue weighted by Crippen LogP contribution is 2.15. The van der Waals surface area contributed by atoms with E-state index in [0.717, 1.165) is 5.76 Å². The Balaban J connectivity index is 1.86. The minimum atomic E-state index is -0.0197. The van der Waals surface area contributed by atoms with Gasteiger partial charge in [0.1, 0.15) is 12.3 Å². The van der Waals surface area contributed by atoms with Gasteiger partial charge in [0.25, 0.3) is 0 Å². The number of furan rings is 1. The van der Waals surface area contributed by atoms with Crippen molar-refractivity contribution < 1.29 is 9.21 Å². The van der Waals surface area contributed by atoms with Crippen molar-refractivity contribution in [2.45, 2.75) is 38.5 Å². The summed E-state index contributed by atoms with van der Waals surface area (Å²) in [6, 6.07) is 3.82. The average molecular weight is 309 g/mol. The molecular formula is C13H19N5O2S. The largest absolute Gasteiger partial charge is 0.467 e. The summed E-state index contributed by atoms with van der Waals surface area (Å²) in [4.78, 5) is 11.9. The Labute approximate surface area is 127 Å². The Morgan fingerprint density at radius 2 is 2.29 bits per heavy atom. The van der Waals surface area contributed by atoms with Crippen LogP contribution in [-0.4, -0.2) is 37.9 Å². The molecule has 0 aromatic carbocycles. The molecule has 0 aliphatic heterocycles. The van der Waals surface area contributed by atoms with Crippen molar-refractivity contribution in [2.24, 2.45) is 5.92 Å². The van der Waals surface area contributed by atoms with E-state index in [1.807, 2.05) is 19.1 Å². The smallest absolute Gasteiger partial charge is 0.230 e. The minimum absolute atomic E-state index is 0.0197. The topological polar surface area (TPSA) is 85.8 Å². The van der Waals surface area contributed by atoms with Gasteiger partial charge in [0.15, 0.2) is 0 Å². The Hall–Kier alpha value is -1.83. The number of hydrogen-bond acceptors (Lipinski definition) is 6. The number of nitrogens with zero attached hydrogens (tertiary/aromatic N) is 4. The van der Waals surface area contributed by atoms with Crippen LogP contribution in [0.25, 0.3) is 0 Å². The predicted octanol–water partition coefficient (Wildman–Crippen LogP) is 1.57. The molecule has 7 nitrogen and oxygen atoms in total. The van der Waals surface area contributed by atoms with Crippen LogP contribution in [0, 0.1) is 5.92 Å². The number of rotatable bonds is 7. The number of nitrogens with one attached hydrogen (secondary N) is 1. The lowest BCUT2D eigenvalue weighted by atomic mass is 10.1. The molecule has 2 aromatic heterocycles. The highest BCUT2D eigenvalue weighted by molar-refractivity contribution is 7.99. The van der Waals surface area contributed by atoms with Gasteiger partial charge in [-0.15, -0.1) is 5.10 Å². The third kappa shape index (κ3) is 4.59. The van der Waals surface area contributed by atoms with Gasteiger partial charge >= 0.3 is 0 Å². The summed E-state index contributed by atoms with van der Waals surface area (Å²) in [5.74, 6) is 1.44. The zero-order chi connectivity index (χ0) is 15.2. The van der Waals surface area contributed by atoms with Crippen molar-refractivity contribution in [1.29, 1.82) is 0 Å². The second-order valence-electron chi connectivity index (χ2n) is 5.09. The zero-order valence-electron chi connectivity index (χ0n) is 12.3. The van der Waals surface area contributed by atoms with Gasteiger partial charge in [-0.1, -0.05) is 25.6 Å². The van der Waals surface area contributed by atoms with Crippen LogP contribution in [0.3, 0.4) is 0 Å². The van der Waals surface area contributed by atoms with Crippen LogP contribution in [-0.2, 0) is 11.3 Å². The zero-order valence-corrected chi connectivity index (χ0v) is 13.1. The number of amides is 1. The standard InChI is InChI=1S/C13H19N5O2S/c1-9(2)10(3)14-12(19)8-21-13-15-16-17-18(13)7-11-5-4-6-20-11/h4-6,9-10H,7-8H2,1-3H3,(H,14,19). The molecule has 1 amide bonds. The molecule has 0 saturated heterocycles. The summed E-state index contributed by atoms with van der Waals surface area (Å²) < 4.78 is 6.88. The minimum Gasteiger partial charge on any atom is -0.467 e. The van der Waals surface area contributed by atoms with E-state index in [-0.39, 0.29) is 17.7 Å². The summed E-state index contributed by atoms with van der Waals surface area (Å²) in [5.41, 5.74) is 0. The molecule has 0 aliphatic carbocycles. The Bertz CT molecular complexity index is 567. The quantitative estimate of drug-likeness (QED) is 0.781. The first-order valence-electron chi connectivity index (χ1n) is 6.77. The SMILES string of the molecule is CC(C)C(C)NC(=O)CSc1nnnn1Cc1ccco1. The number of carbonyl (C=O) groups excluding carboxylic acids is 1. The fourth-order valence-electron chi connectivity index (χ4n) is 1.54. The summed E-state index contributed by atoms with van der Waals surface area (Å²) >= 11 is 1.31. The van der Waals surface area contributed by atoms with E-state index in [1.54, 1.807) is 10.9 Å². The van der Waals surface area contributed by atoms with Gasteiger partial charge in [-0.3, -0.25) is 4.79 Å². The lowest BCUT2D eigenvalue weighted by Gasteiger charge is -2.16. The van der Waals surface area contributed by atoms with E-state index in [1.165, 1.54) is 11.8 Å². The number of thioether (sulfide) groups is 1. The highest BCUT2D eigenvalue weighted by Gasteiger charge is 2.14. The second kappa shape index (κ2) is 7.26. The number of carbonyl (C=O) groups is 1. The monoisotopic (exact) mass is 309 g/mol. The summed E-state index contributed by atoms with van der Waals surface area (Å²) in [6.45, 7) is 6.59. The van der Waals surface area contributed by atoms with Gasteiger partial charge in [-0.05, 0) is 35.4 Å². The van der Waals surface area contributed by atoms with Gasteiger partial charge in [0.05, 0.1) is 12.0 Å². The first-order chi connectivity index (χ1) is 10.1.